The minimum Gasteiger partial charge on any atom is -0.479 e. The zero-order valence-corrected chi connectivity index (χ0v) is 12.1. The Hall–Kier alpha value is -2.88. The van der Waals surface area contributed by atoms with E-state index in [0.29, 0.717) is 5.75 Å². The fourth-order valence-corrected chi connectivity index (χ4v) is 2.33. The molecule has 0 bridgehead atoms. The highest BCUT2D eigenvalue weighted by atomic mass is 16.5. The Morgan fingerprint density at radius 3 is 2.64 bits per heavy atom. The van der Waals surface area contributed by atoms with Crippen LogP contribution in [-0.2, 0) is 4.79 Å². The molecule has 0 spiro atoms. The van der Waals surface area contributed by atoms with E-state index in [2.05, 4.69) is 4.98 Å². The zero-order chi connectivity index (χ0) is 15.5. The molecule has 1 N–H and O–H groups in total. The van der Waals surface area contributed by atoms with Crippen LogP contribution in [0.4, 0.5) is 0 Å². The molecule has 0 amide bonds. The van der Waals surface area contributed by atoms with Gasteiger partial charge in [0.2, 0.25) is 0 Å². The largest absolute Gasteiger partial charge is 0.479 e. The molecule has 3 rings (SSSR count). The maximum absolute atomic E-state index is 10.9. The highest BCUT2D eigenvalue weighted by molar-refractivity contribution is 5.94. The molecule has 3 aromatic rings. The summed E-state index contributed by atoms with van der Waals surface area (Å²) in [4.78, 5) is 15.2. The molecule has 0 fully saturated rings. The van der Waals surface area contributed by atoms with Crippen molar-refractivity contribution in [2.75, 3.05) is 0 Å². The summed E-state index contributed by atoms with van der Waals surface area (Å²) < 4.78 is 5.39. The van der Waals surface area contributed by atoms with E-state index < -0.39 is 12.1 Å². The summed E-state index contributed by atoms with van der Waals surface area (Å²) in [6.07, 6.45) is 0.851. The van der Waals surface area contributed by atoms with Crippen molar-refractivity contribution in [2.24, 2.45) is 0 Å². The van der Waals surface area contributed by atoms with E-state index in [4.69, 9.17) is 9.84 Å². The summed E-state index contributed by atoms with van der Waals surface area (Å²) >= 11 is 0. The van der Waals surface area contributed by atoms with Crippen LogP contribution in [-0.4, -0.2) is 22.2 Å². The molecule has 1 atom stereocenters. The molecular weight excluding hydrogens is 278 g/mol. The summed E-state index contributed by atoms with van der Waals surface area (Å²) in [7, 11) is 0. The summed E-state index contributed by atoms with van der Waals surface area (Å²) in [6, 6.07) is 17.5. The van der Waals surface area contributed by atoms with Gasteiger partial charge in [0.25, 0.3) is 0 Å². The highest BCUT2D eigenvalue weighted by Crippen LogP contribution is 2.29. The second-order valence-electron chi connectivity index (χ2n) is 5.00. The van der Waals surface area contributed by atoms with Crippen LogP contribution in [0.3, 0.4) is 0 Å². The first-order chi connectivity index (χ1) is 10.6. The minimum absolute atomic E-state index is 0.500. The number of hydrogen-bond acceptors (Lipinski definition) is 3. The van der Waals surface area contributed by atoms with Crippen molar-refractivity contribution in [3.05, 3.63) is 60.8 Å². The molecule has 22 heavy (non-hydrogen) atoms. The molecular formula is C18H15NO3. The number of rotatable bonds is 4. The lowest BCUT2D eigenvalue weighted by Crippen LogP contribution is -2.22. The monoisotopic (exact) mass is 293 g/mol. The Kier molecular flexibility index (Phi) is 3.74. The molecule has 110 valence electrons. The smallest absolute Gasteiger partial charge is 0.344 e. The molecule has 0 radical (unpaired) electrons. The number of carboxylic acid groups (broad SMARTS) is 1. The average molecular weight is 293 g/mol. The van der Waals surface area contributed by atoms with Crippen molar-refractivity contribution in [1.29, 1.82) is 0 Å². The standard InChI is InChI=1S/C18H15NO3/c1-12(18(20)21)22-14-7-8-16-15(9-10-19-17(16)11-14)13-5-3-2-4-6-13/h2-12H,1H3,(H,20,21)/t12-/m1/s1. The number of nitrogens with zero attached hydrogens (tertiary/aromatic N) is 1. The van der Waals surface area contributed by atoms with Gasteiger partial charge < -0.3 is 9.84 Å². The lowest BCUT2D eigenvalue weighted by atomic mass is 10.0. The number of benzene rings is 2. The Balaban J connectivity index is 2.03. The number of pyridine rings is 1. The molecule has 0 saturated heterocycles. The molecule has 1 heterocycles. The van der Waals surface area contributed by atoms with Crippen molar-refractivity contribution in [2.45, 2.75) is 13.0 Å². The fraction of sp³-hybridized carbons (Fsp3) is 0.111. The third kappa shape index (κ3) is 2.76. The molecule has 4 nitrogen and oxygen atoms in total. The molecule has 0 aliphatic heterocycles. The predicted molar refractivity (Wildman–Crippen MR) is 84.9 cm³/mol. The second kappa shape index (κ2) is 5.85. The van der Waals surface area contributed by atoms with E-state index in [1.54, 1.807) is 18.3 Å². The second-order valence-corrected chi connectivity index (χ2v) is 5.00. The van der Waals surface area contributed by atoms with E-state index in [1.807, 2.05) is 42.5 Å². The number of carboxylic acids is 1. The Bertz CT molecular complexity index is 815. The van der Waals surface area contributed by atoms with Crippen molar-refractivity contribution in [1.82, 2.24) is 4.98 Å². The zero-order valence-electron chi connectivity index (χ0n) is 12.1. The molecule has 2 aromatic carbocycles. The van der Waals surface area contributed by atoms with Gasteiger partial charge in [0.05, 0.1) is 5.52 Å². The van der Waals surface area contributed by atoms with Gasteiger partial charge in [-0.15, -0.1) is 0 Å². The fourth-order valence-electron chi connectivity index (χ4n) is 2.33. The van der Waals surface area contributed by atoms with Gasteiger partial charge in [-0.05, 0) is 36.2 Å². The SMILES string of the molecule is C[C@@H](Oc1ccc2c(-c3ccccc3)ccnc2c1)C(=O)O. The minimum atomic E-state index is -0.994. The topological polar surface area (TPSA) is 59.4 Å². The molecule has 0 aliphatic carbocycles. The van der Waals surface area contributed by atoms with Gasteiger partial charge in [-0.3, -0.25) is 4.98 Å². The number of ether oxygens (including phenoxy) is 1. The van der Waals surface area contributed by atoms with Crippen LogP contribution in [0.5, 0.6) is 5.75 Å². The first kappa shape index (κ1) is 14.1. The van der Waals surface area contributed by atoms with Crippen LogP contribution in [0, 0.1) is 0 Å². The van der Waals surface area contributed by atoms with E-state index in [9.17, 15) is 4.79 Å². The third-order valence-electron chi connectivity index (χ3n) is 3.46. The summed E-state index contributed by atoms with van der Waals surface area (Å²) in [5.41, 5.74) is 2.97. The van der Waals surface area contributed by atoms with Gasteiger partial charge in [-0.2, -0.15) is 0 Å². The Labute approximate surface area is 128 Å². The number of carbonyl (C=O) groups is 1. The van der Waals surface area contributed by atoms with Crippen molar-refractivity contribution in [3.8, 4) is 16.9 Å². The van der Waals surface area contributed by atoms with Gasteiger partial charge >= 0.3 is 5.97 Å². The normalized spacial score (nSPS) is 12.0. The maximum Gasteiger partial charge on any atom is 0.344 e. The molecule has 0 saturated carbocycles. The number of hydrogen-bond donors (Lipinski definition) is 1. The van der Waals surface area contributed by atoms with Crippen LogP contribution in [0.1, 0.15) is 6.92 Å². The first-order valence-corrected chi connectivity index (χ1v) is 6.99. The van der Waals surface area contributed by atoms with Gasteiger partial charge in [0.1, 0.15) is 5.75 Å². The average Bonchev–Trinajstić information content (AvgIpc) is 2.54. The van der Waals surface area contributed by atoms with Crippen molar-refractivity contribution >= 4 is 16.9 Å². The van der Waals surface area contributed by atoms with Crippen LogP contribution in [0.15, 0.2) is 60.8 Å². The maximum atomic E-state index is 10.9. The third-order valence-corrected chi connectivity index (χ3v) is 3.46. The van der Waals surface area contributed by atoms with Gasteiger partial charge in [0.15, 0.2) is 6.10 Å². The number of aromatic nitrogens is 1. The number of aliphatic carboxylic acids is 1. The van der Waals surface area contributed by atoms with Crippen molar-refractivity contribution in [3.63, 3.8) is 0 Å². The summed E-state index contributed by atoms with van der Waals surface area (Å²) in [5.74, 6) is -0.494. The van der Waals surface area contributed by atoms with Gasteiger partial charge in [-0.25, -0.2) is 4.79 Å². The summed E-state index contributed by atoms with van der Waals surface area (Å²) in [6.45, 7) is 1.50. The van der Waals surface area contributed by atoms with Gasteiger partial charge in [-0.1, -0.05) is 30.3 Å². The Morgan fingerprint density at radius 2 is 1.91 bits per heavy atom. The van der Waals surface area contributed by atoms with Gasteiger partial charge in [0, 0.05) is 17.6 Å². The first-order valence-electron chi connectivity index (χ1n) is 6.99. The van der Waals surface area contributed by atoms with Crippen molar-refractivity contribution < 1.29 is 14.6 Å². The Morgan fingerprint density at radius 1 is 1.14 bits per heavy atom. The molecule has 0 aliphatic rings. The highest BCUT2D eigenvalue weighted by Gasteiger charge is 2.13. The molecule has 1 aromatic heterocycles. The summed E-state index contributed by atoms with van der Waals surface area (Å²) in [5, 5.41) is 9.91. The quantitative estimate of drug-likeness (QED) is 0.795. The van der Waals surface area contributed by atoms with Crippen LogP contribution in [0.25, 0.3) is 22.0 Å². The molecule has 0 unspecified atom stereocenters. The molecule has 4 heteroatoms. The van der Waals surface area contributed by atoms with Crippen LogP contribution in [0.2, 0.25) is 0 Å². The lowest BCUT2D eigenvalue weighted by molar-refractivity contribution is -0.144. The van der Waals surface area contributed by atoms with E-state index >= 15 is 0 Å². The van der Waals surface area contributed by atoms with E-state index in [0.717, 1.165) is 22.0 Å². The number of fused-ring (bicyclic) bond motifs is 1. The van der Waals surface area contributed by atoms with E-state index in [1.165, 1.54) is 6.92 Å². The van der Waals surface area contributed by atoms with E-state index in [-0.39, 0.29) is 0 Å². The van der Waals surface area contributed by atoms with Crippen LogP contribution >= 0.6 is 0 Å². The lowest BCUT2D eigenvalue weighted by Gasteiger charge is -2.12. The van der Waals surface area contributed by atoms with Crippen LogP contribution < -0.4 is 4.74 Å². The predicted octanol–water partition coefficient (Wildman–Crippen LogP) is 3.75.